The maximum absolute atomic E-state index is 13.5. The van der Waals surface area contributed by atoms with Crippen LogP contribution < -0.4 is 4.74 Å². The highest BCUT2D eigenvalue weighted by Gasteiger charge is 2.46. The van der Waals surface area contributed by atoms with Gasteiger partial charge in [0.05, 0.1) is 22.0 Å². The van der Waals surface area contributed by atoms with E-state index in [0.29, 0.717) is 4.90 Å². The van der Waals surface area contributed by atoms with Crippen molar-refractivity contribution in [2.75, 3.05) is 5.75 Å². The minimum atomic E-state index is -4.35. The van der Waals surface area contributed by atoms with Crippen molar-refractivity contribution in [3.05, 3.63) is 51.7 Å². The Hall–Kier alpha value is -1.72. The third-order valence-corrected chi connectivity index (χ3v) is 5.47. The number of rotatable bonds is 2. The number of hydrogen-bond acceptors (Lipinski definition) is 3. The highest BCUT2D eigenvalue weighted by atomic mass is 79.9. The summed E-state index contributed by atoms with van der Waals surface area (Å²) >= 11 is 4.31. The summed E-state index contributed by atoms with van der Waals surface area (Å²) in [5, 5.41) is 8.85. The summed E-state index contributed by atoms with van der Waals surface area (Å²) in [7, 11) is 0. The Labute approximate surface area is 147 Å². The van der Waals surface area contributed by atoms with Crippen molar-refractivity contribution in [3.63, 3.8) is 0 Å². The van der Waals surface area contributed by atoms with Crippen molar-refractivity contribution in [2.24, 2.45) is 0 Å². The maximum atomic E-state index is 13.5. The van der Waals surface area contributed by atoms with Gasteiger partial charge < -0.3 is 4.74 Å². The number of benzene rings is 2. The molecule has 2 aromatic carbocycles. The van der Waals surface area contributed by atoms with E-state index in [-0.39, 0.29) is 32.9 Å². The van der Waals surface area contributed by atoms with Crippen LogP contribution in [0.25, 0.3) is 0 Å². The summed E-state index contributed by atoms with van der Waals surface area (Å²) in [6.07, 6.45) is -4.35. The molecule has 0 spiro atoms. The van der Waals surface area contributed by atoms with Crippen LogP contribution in [-0.4, -0.2) is 11.9 Å². The third-order valence-electron chi connectivity index (χ3n) is 3.48. The summed E-state index contributed by atoms with van der Waals surface area (Å²) in [4.78, 5) is 0.536. The molecule has 1 unspecified atom stereocenters. The fraction of sp³-hybridized carbons (Fsp3) is 0.188. The van der Waals surface area contributed by atoms with E-state index in [1.807, 2.05) is 0 Å². The number of thioether (sulfide) groups is 1. The minimum Gasteiger partial charge on any atom is -0.456 e. The van der Waals surface area contributed by atoms with Gasteiger partial charge in [-0.15, -0.1) is 11.8 Å². The van der Waals surface area contributed by atoms with Crippen LogP contribution in [0.4, 0.5) is 17.6 Å². The first kappa shape index (κ1) is 17.1. The summed E-state index contributed by atoms with van der Waals surface area (Å²) in [5.74, 6) is -2.15. The van der Waals surface area contributed by atoms with Gasteiger partial charge in [-0.2, -0.15) is 18.4 Å². The fourth-order valence-corrected chi connectivity index (χ4v) is 4.51. The number of hydrogen-bond donors (Lipinski definition) is 0. The zero-order valence-electron chi connectivity index (χ0n) is 11.8. The number of alkyl halides is 3. The molecule has 0 saturated carbocycles. The Morgan fingerprint density at radius 1 is 1.25 bits per heavy atom. The number of halogens is 5. The van der Waals surface area contributed by atoms with Gasteiger partial charge in [0, 0.05) is 16.7 Å². The van der Waals surface area contributed by atoms with E-state index in [2.05, 4.69) is 15.9 Å². The van der Waals surface area contributed by atoms with Crippen LogP contribution in [0.5, 0.6) is 11.5 Å². The third kappa shape index (κ3) is 3.23. The van der Waals surface area contributed by atoms with E-state index in [4.69, 9.17) is 10.00 Å². The lowest BCUT2D eigenvalue weighted by Crippen LogP contribution is -2.20. The quantitative estimate of drug-likeness (QED) is 0.561. The second-order valence-electron chi connectivity index (χ2n) is 5.08. The summed E-state index contributed by atoms with van der Waals surface area (Å²) < 4.78 is 58.7. The maximum Gasteiger partial charge on any atom is 0.396 e. The molecule has 24 heavy (non-hydrogen) atoms. The molecule has 124 valence electrons. The predicted octanol–water partition coefficient (Wildman–Crippen LogP) is 6.00. The first-order chi connectivity index (χ1) is 11.3. The second-order valence-corrected chi connectivity index (χ2v) is 6.94. The van der Waals surface area contributed by atoms with Crippen molar-refractivity contribution in [3.8, 4) is 17.6 Å². The lowest BCUT2D eigenvalue weighted by atomic mass is 10.0. The van der Waals surface area contributed by atoms with Crippen LogP contribution in [0.15, 0.2) is 39.7 Å². The monoisotopic (exact) mass is 417 g/mol. The average Bonchev–Trinajstić information content (AvgIpc) is 2.94. The summed E-state index contributed by atoms with van der Waals surface area (Å²) in [5.41, 5.74) is 0.188. The molecule has 2 aromatic rings. The Morgan fingerprint density at radius 2 is 2.00 bits per heavy atom. The van der Waals surface area contributed by atoms with Gasteiger partial charge in [0.15, 0.2) is 0 Å². The van der Waals surface area contributed by atoms with E-state index in [1.54, 1.807) is 12.1 Å². The number of nitriles is 1. The Kier molecular flexibility index (Phi) is 4.49. The van der Waals surface area contributed by atoms with Gasteiger partial charge in [-0.1, -0.05) is 0 Å². The number of fused-ring (bicyclic) bond motifs is 1. The average molecular weight is 418 g/mol. The van der Waals surface area contributed by atoms with E-state index in [0.717, 1.165) is 23.9 Å². The first-order valence-electron chi connectivity index (χ1n) is 6.70. The standard InChI is InChI=1S/C16H8BrF4NOS/c17-15-12(23-10-4-8(6-22)3-9(18)5-10)1-2-13-14(15)11(7-24-13)16(19,20)21/h1-5,11H,7H2. The molecule has 0 amide bonds. The fourth-order valence-electron chi connectivity index (χ4n) is 2.41. The Balaban J connectivity index is 2.00. The molecule has 1 atom stereocenters. The first-order valence-corrected chi connectivity index (χ1v) is 8.48. The van der Waals surface area contributed by atoms with E-state index in [1.165, 1.54) is 12.1 Å². The van der Waals surface area contributed by atoms with Crippen LogP contribution in [0.2, 0.25) is 0 Å². The van der Waals surface area contributed by atoms with Gasteiger partial charge in [0.1, 0.15) is 17.3 Å². The zero-order chi connectivity index (χ0) is 17.5. The molecule has 0 aromatic heterocycles. The van der Waals surface area contributed by atoms with Gasteiger partial charge >= 0.3 is 6.18 Å². The molecule has 2 nitrogen and oxygen atoms in total. The zero-order valence-corrected chi connectivity index (χ0v) is 14.2. The Morgan fingerprint density at radius 3 is 2.67 bits per heavy atom. The molecule has 0 saturated heterocycles. The van der Waals surface area contributed by atoms with Gasteiger partial charge in [-0.05, 0) is 45.8 Å². The minimum absolute atomic E-state index is 0.0430. The van der Waals surface area contributed by atoms with E-state index < -0.39 is 17.9 Å². The van der Waals surface area contributed by atoms with Gasteiger partial charge in [0.2, 0.25) is 0 Å². The molecular formula is C16H8BrF4NOS. The van der Waals surface area contributed by atoms with Crippen LogP contribution in [-0.2, 0) is 0 Å². The number of ether oxygens (including phenoxy) is 1. The summed E-state index contributed by atoms with van der Waals surface area (Å²) in [6.45, 7) is 0. The molecule has 8 heteroatoms. The molecule has 1 aliphatic rings. The van der Waals surface area contributed by atoms with Crippen LogP contribution in [0, 0.1) is 17.1 Å². The highest BCUT2D eigenvalue weighted by molar-refractivity contribution is 9.10. The molecular weight excluding hydrogens is 410 g/mol. The molecule has 0 bridgehead atoms. The van der Waals surface area contributed by atoms with Crippen LogP contribution in [0.3, 0.4) is 0 Å². The largest absolute Gasteiger partial charge is 0.456 e. The predicted molar refractivity (Wildman–Crippen MR) is 84.9 cm³/mol. The number of nitrogens with zero attached hydrogens (tertiary/aromatic N) is 1. The normalized spacial score (nSPS) is 16.6. The van der Waals surface area contributed by atoms with Crippen molar-refractivity contribution >= 4 is 27.7 Å². The smallest absolute Gasteiger partial charge is 0.396 e. The van der Waals surface area contributed by atoms with E-state index in [9.17, 15) is 17.6 Å². The van der Waals surface area contributed by atoms with Crippen molar-refractivity contribution in [1.29, 1.82) is 5.26 Å². The summed E-state index contributed by atoms with van der Waals surface area (Å²) in [6, 6.07) is 8.29. The Bertz CT molecular complexity index is 847. The molecule has 1 aliphatic heterocycles. The van der Waals surface area contributed by atoms with Gasteiger partial charge in [-0.3, -0.25) is 0 Å². The van der Waals surface area contributed by atoms with Gasteiger partial charge in [-0.25, -0.2) is 4.39 Å². The lowest BCUT2D eigenvalue weighted by Gasteiger charge is -2.18. The van der Waals surface area contributed by atoms with Gasteiger partial charge in [0.25, 0.3) is 0 Å². The molecule has 1 heterocycles. The highest BCUT2D eigenvalue weighted by Crippen LogP contribution is 2.52. The van der Waals surface area contributed by atoms with Crippen molar-refractivity contribution < 1.29 is 22.3 Å². The SMILES string of the molecule is N#Cc1cc(F)cc(Oc2ccc3c(c2Br)C(C(F)(F)F)CS3)c1. The molecule has 0 aliphatic carbocycles. The second kappa shape index (κ2) is 6.30. The molecule has 0 radical (unpaired) electrons. The van der Waals surface area contributed by atoms with Crippen molar-refractivity contribution in [2.45, 2.75) is 17.0 Å². The lowest BCUT2D eigenvalue weighted by molar-refractivity contribution is -0.145. The molecule has 3 rings (SSSR count). The van der Waals surface area contributed by atoms with E-state index >= 15 is 0 Å². The molecule has 0 N–H and O–H groups in total. The molecule has 0 fully saturated rings. The topological polar surface area (TPSA) is 33.0 Å². The van der Waals surface area contributed by atoms with Crippen LogP contribution >= 0.6 is 27.7 Å². The van der Waals surface area contributed by atoms with Crippen LogP contribution in [0.1, 0.15) is 17.0 Å². The van der Waals surface area contributed by atoms with Crippen molar-refractivity contribution in [1.82, 2.24) is 0 Å².